The standard InChI is InChI=1S/C17H15FN4O3S/c18-14-2-1-11(3-13(14)10-4-19-9-20-5-10)17-8-25-7-12(17)6-21-15(26-17)22-16(23)24/h1-5,9,12H,6-8H2,(H,21,22)(H,23,24). The minimum atomic E-state index is -1.16. The van der Waals surface area contributed by atoms with Crippen molar-refractivity contribution < 1.29 is 19.0 Å². The van der Waals surface area contributed by atoms with E-state index in [4.69, 9.17) is 9.84 Å². The van der Waals surface area contributed by atoms with E-state index in [9.17, 15) is 9.18 Å². The Balaban J connectivity index is 1.76. The van der Waals surface area contributed by atoms with Crippen LogP contribution in [0.3, 0.4) is 0 Å². The fourth-order valence-corrected chi connectivity index (χ4v) is 4.62. The number of thioether (sulfide) groups is 1. The fourth-order valence-electron chi connectivity index (χ4n) is 3.30. The predicted octanol–water partition coefficient (Wildman–Crippen LogP) is 2.49. The highest BCUT2D eigenvalue weighted by Gasteiger charge is 2.49. The number of halogens is 1. The van der Waals surface area contributed by atoms with Crippen LogP contribution >= 0.6 is 11.8 Å². The Hall–Kier alpha value is -2.52. The van der Waals surface area contributed by atoms with E-state index in [1.807, 2.05) is 0 Å². The van der Waals surface area contributed by atoms with E-state index in [1.54, 1.807) is 24.5 Å². The van der Waals surface area contributed by atoms with Crippen molar-refractivity contribution >= 4 is 23.0 Å². The lowest BCUT2D eigenvalue weighted by Crippen LogP contribution is -2.41. The summed E-state index contributed by atoms with van der Waals surface area (Å²) in [4.78, 5) is 23.2. The molecule has 0 radical (unpaired) electrons. The van der Waals surface area contributed by atoms with E-state index < -0.39 is 10.8 Å². The second-order valence-corrected chi connectivity index (χ2v) is 7.42. The van der Waals surface area contributed by atoms with Crippen LogP contribution in [0.25, 0.3) is 11.1 Å². The number of ether oxygens (including phenoxy) is 1. The zero-order valence-electron chi connectivity index (χ0n) is 13.6. The Bertz CT molecular complexity index is 880. The van der Waals surface area contributed by atoms with Gasteiger partial charge in [0.2, 0.25) is 0 Å². The van der Waals surface area contributed by atoms with E-state index >= 15 is 0 Å². The number of nitrogens with zero attached hydrogens (tertiary/aromatic N) is 3. The van der Waals surface area contributed by atoms with E-state index in [0.29, 0.717) is 36.1 Å². The molecule has 1 saturated heterocycles. The Morgan fingerprint density at radius 3 is 2.96 bits per heavy atom. The molecule has 0 aliphatic carbocycles. The van der Waals surface area contributed by atoms with Gasteiger partial charge >= 0.3 is 6.09 Å². The van der Waals surface area contributed by atoms with E-state index in [-0.39, 0.29) is 11.7 Å². The molecule has 134 valence electrons. The van der Waals surface area contributed by atoms with Gasteiger partial charge in [-0.15, -0.1) is 0 Å². The summed E-state index contributed by atoms with van der Waals surface area (Å²) in [6, 6.07) is 4.91. The molecule has 1 amide bonds. The van der Waals surface area contributed by atoms with Crippen molar-refractivity contribution in [1.29, 1.82) is 0 Å². The lowest BCUT2D eigenvalue weighted by molar-refractivity contribution is 0.183. The number of nitrogens with one attached hydrogen (secondary N) is 1. The largest absolute Gasteiger partial charge is 0.465 e. The lowest BCUT2D eigenvalue weighted by Gasteiger charge is -2.36. The van der Waals surface area contributed by atoms with E-state index in [2.05, 4.69) is 20.3 Å². The van der Waals surface area contributed by atoms with Crippen LogP contribution in [0.5, 0.6) is 0 Å². The first-order valence-corrected chi connectivity index (χ1v) is 8.77. The molecule has 1 fully saturated rings. The smallest absolute Gasteiger partial charge is 0.410 e. The van der Waals surface area contributed by atoms with Crippen molar-refractivity contribution in [1.82, 2.24) is 15.3 Å². The van der Waals surface area contributed by atoms with Crippen molar-refractivity contribution in [3.05, 3.63) is 48.3 Å². The van der Waals surface area contributed by atoms with Gasteiger partial charge in [0.1, 0.15) is 12.1 Å². The normalized spacial score (nSPS) is 24.7. The topological polar surface area (TPSA) is 96.7 Å². The summed E-state index contributed by atoms with van der Waals surface area (Å²) in [6.45, 7) is 1.38. The number of aromatic nitrogens is 2. The number of fused-ring (bicyclic) bond motifs is 1. The van der Waals surface area contributed by atoms with Gasteiger partial charge in [0.05, 0.1) is 18.0 Å². The number of rotatable bonds is 2. The zero-order chi connectivity index (χ0) is 18.1. The van der Waals surface area contributed by atoms with Crippen LogP contribution in [0.15, 0.2) is 41.9 Å². The first-order chi connectivity index (χ1) is 12.6. The molecule has 2 aromatic rings. The van der Waals surface area contributed by atoms with Crippen molar-refractivity contribution in [2.24, 2.45) is 10.9 Å². The van der Waals surface area contributed by atoms with Crippen molar-refractivity contribution in [3.8, 4) is 11.1 Å². The minimum absolute atomic E-state index is 0.0807. The summed E-state index contributed by atoms with van der Waals surface area (Å²) in [5.41, 5.74) is 1.85. The van der Waals surface area contributed by atoms with Gasteiger partial charge in [-0.05, 0) is 17.7 Å². The van der Waals surface area contributed by atoms with Gasteiger partial charge in [0.15, 0.2) is 5.17 Å². The van der Waals surface area contributed by atoms with Crippen molar-refractivity contribution in [2.45, 2.75) is 4.75 Å². The molecule has 2 aliphatic heterocycles. The Morgan fingerprint density at radius 1 is 1.38 bits per heavy atom. The highest BCUT2D eigenvalue weighted by atomic mass is 32.2. The maximum Gasteiger partial charge on any atom is 0.410 e. The first-order valence-electron chi connectivity index (χ1n) is 7.95. The van der Waals surface area contributed by atoms with E-state index in [0.717, 1.165) is 5.56 Å². The molecule has 3 heterocycles. The van der Waals surface area contributed by atoms with Crippen LogP contribution in [0, 0.1) is 11.7 Å². The number of benzene rings is 1. The third kappa shape index (κ3) is 2.93. The maximum atomic E-state index is 14.4. The molecular weight excluding hydrogens is 359 g/mol. The van der Waals surface area contributed by atoms with Crippen LogP contribution in [0.1, 0.15) is 5.56 Å². The third-order valence-electron chi connectivity index (χ3n) is 4.57. The Labute approximate surface area is 152 Å². The number of amides is 1. The highest BCUT2D eigenvalue weighted by Crippen LogP contribution is 2.50. The number of hydrogen-bond donors (Lipinski definition) is 2. The summed E-state index contributed by atoms with van der Waals surface area (Å²) in [5.74, 6) is -0.286. The molecule has 2 atom stereocenters. The zero-order valence-corrected chi connectivity index (χ0v) is 14.4. The number of carbonyl (C=O) groups is 1. The van der Waals surface area contributed by atoms with Gasteiger partial charge in [-0.25, -0.2) is 19.2 Å². The SMILES string of the molecule is O=C(O)NC1=NCC2COCC2(c2ccc(F)c(-c3cncnc3)c2)S1. The van der Waals surface area contributed by atoms with Crippen LogP contribution in [0.2, 0.25) is 0 Å². The lowest BCUT2D eigenvalue weighted by atomic mass is 9.86. The summed E-state index contributed by atoms with van der Waals surface area (Å²) < 4.78 is 19.6. The second kappa shape index (κ2) is 6.65. The van der Waals surface area contributed by atoms with Gasteiger partial charge in [-0.1, -0.05) is 17.8 Å². The number of amidine groups is 1. The van der Waals surface area contributed by atoms with Gasteiger partial charge in [0, 0.05) is 36.0 Å². The average molecular weight is 374 g/mol. The Kier molecular flexibility index (Phi) is 4.33. The molecule has 0 saturated carbocycles. The van der Waals surface area contributed by atoms with Crippen molar-refractivity contribution in [3.63, 3.8) is 0 Å². The van der Waals surface area contributed by atoms with Crippen LogP contribution in [-0.4, -0.2) is 46.1 Å². The molecule has 2 N–H and O–H groups in total. The molecule has 7 nitrogen and oxygen atoms in total. The summed E-state index contributed by atoms with van der Waals surface area (Å²) >= 11 is 1.32. The molecule has 0 spiro atoms. The van der Waals surface area contributed by atoms with Gasteiger partial charge in [-0.2, -0.15) is 0 Å². The molecular formula is C17H15FN4O3S. The van der Waals surface area contributed by atoms with E-state index in [1.165, 1.54) is 24.2 Å². The molecule has 1 aromatic carbocycles. The van der Waals surface area contributed by atoms with Crippen LogP contribution in [-0.2, 0) is 9.48 Å². The third-order valence-corrected chi connectivity index (χ3v) is 6.05. The average Bonchev–Trinajstić information content (AvgIpc) is 3.06. The van der Waals surface area contributed by atoms with Gasteiger partial charge < -0.3 is 9.84 Å². The Morgan fingerprint density at radius 2 is 2.19 bits per heavy atom. The highest BCUT2D eigenvalue weighted by molar-refractivity contribution is 8.14. The van der Waals surface area contributed by atoms with Gasteiger partial charge in [0.25, 0.3) is 0 Å². The van der Waals surface area contributed by atoms with Crippen molar-refractivity contribution in [2.75, 3.05) is 19.8 Å². The summed E-state index contributed by atoms with van der Waals surface area (Å²) in [6.07, 6.45) is 3.34. The molecule has 0 bridgehead atoms. The number of carboxylic acid groups (broad SMARTS) is 1. The second-order valence-electron chi connectivity index (χ2n) is 6.10. The molecule has 9 heteroatoms. The summed E-state index contributed by atoms with van der Waals surface area (Å²) in [5, 5.41) is 11.6. The predicted molar refractivity (Wildman–Crippen MR) is 94.5 cm³/mol. The molecule has 1 aromatic heterocycles. The maximum absolute atomic E-state index is 14.4. The molecule has 26 heavy (non-hydrogen) atoms. The molecule has 2 aliphatic rings. The molecule has 4 rings (SSSR count). The van der Waals surface area contributed by atoms with Crippen LogP contribution < -0.4 is 5.32 Å². The number of hydrogen-bond acceptors (Lipinski definition) is 6. The number of aliphatic imine (C=N–C) groups is 1. The molecule has 2 unspecified atom stereocenters. The minimum Gasteiger partial charge on any atom is -0.465 e. The monoisotopic (exact) mass is 374 g/mol. The summed E-state index contributed by atoms with van der Waals surface area (Å²) in [7, 11) is 0. The van der Waals surface area contributed by atoms with Crippen LogP contribution in [0.4, 0.5) is 9.18 Å². The van der Waals surface area contributed by atoms with Gasteiger partial charge in [-0.3, -0.25) is 10.3 Å². The fraction of sp³-hybridized carbons (Fsp3) is 0.294. The first kappa shape index (κ1) is 16.9. The quantitative estimate of drug-likeness (QED) is 0.838.